The van der Waals surface area contributed by atoms with Crippen molar-refractivity contribution in [3.05, 3.63) is 24.3 Å². The highest BCUT2D eigenvalue weighted by Gasteiger charge is 2.29. The standard InChI is InChI=1S/C28H48N2O3/c1-3-5-7-9-10-14-20-30(21-15-11-16-22-30)23-25-33-28(31)29-26-18-12-13-19-27(26)32-24-17-8-6-4-2/h12-13,18-19H,3-11,14-17,20-25H2,1-2H3/p+1. The molecule has 5 heteroatoms. The summed E-state index contributed by atoms with van der Waals surface area (Å²) in [4.78, 5) is 12.5. The maximum Gasteiger partial charge on any atom is 0.411 e. The van der Waals surface area contributed by atoms with Gasteiger partial charge in [-0.1, -0.05) is 70.9 Å². The summed E-state index contributed by atoms with van der Waals surface area (Å²) in [6.45, 7) is 10.2. The predicted octanol–water partition coefficient (Wildman–Crippen LogP) is 7.56. The Morgan fingerprint density at radius 3 is 2.24 bits per heavy atom. The molecule has 1 aromatic carbocycles. The van der Waals surface area contributed by atoms with E-state index in [1.807, 2.05) is 24.3 Å². The summed E-state index contributed by atoms with van der Waals surface area (Å²) in [6, 6.07) is 7.63. The molecule has 0 saturated carbocycles. The minimum Gasteiger partial charge on any atom is -0.491 e. The highest BCUT2D eigenvalue weighted by atomic mass is 16.5. The number of carbonyl (C=O) groups is 1. The molecule has 1 saturated heterocycles. The summed E-state index contributed by atoms with van der Waals surface area (Å²) in [6.07, 6.45) is 16.2. The topological polar surface area (TPSA) is 47.6 Å². The molecule has 1 aliphatic rings. The van der Waals surface area contributed by atoms with Gasteiger partial charge in [-0.25, -0.2) is 4.79 Å². The number of hydrogen-bond donors (Lipinski definition) is 1. The van der Waals surface area contributed by atoms with Crippen molar-refractivity contribution in [3.8, 4) is 5.75 Å². The lowest BCUT2D eigenvalue weighted by atomic mass is 10.1. The normalized spacial score (nSPS) is 15.2. The largest absolute Gasteiger partial charge is 0.491 e. The molecule has 1 heterocycles. The van der Waals surface area contributed by atoms with Crippen LogP contribution < -0.4 is 10.1 Å². The van der Waals surface area contributed by atoms with E-state index < -0.39 is 0 Å². The molecule has 0 unspecified atom stereocenters. The molecule has 1 aromatic rings. The van der Waals surface area contributed by atoms with E-state index in [9.17, 15) is 4.79 Å². The van der Waals surface area contributed by atoms with Crippen LogP contribution in [0.1, 0.15) is 97.3 Å². The average Bonchev–Trinajstić information content (AvgIpc) is 2.83. The maximum atomic E-state index is 12.5. The van der Waals surface area contributed by atoms with Gasteiger partial charge >= 0.3 is 6.09 Å². The number of nitrogens with zero attached hydrogens (tertiary/aromatic N) is 1. The smallest absolute Gasteiger partial charge is 0.411 e. The first-order valence-corrected chi connectivity index (χ1v) is 13.7. The van der Waals surface area contributed by atoms with Gasteiger partial charge in [0.05, 0.1) is 31.9 Å². The molecule has 0 spiro atoms. The Morgan fingerprint density at radius 1 is 0.818 bits per heavy atom. The molecule has 33 heavy (non-hydrogen) atoms. The molecule has 0 radical (unpaired) electrons. The van der Waals surface area contributed by atoms with Crippen LogP contribution in [0.2, 0.25) is 0 Å². The van der Waals surface area contributed by atoms with Crippen LogP contribution in [-0.2, 0) is 4.74 Å². The van der Waals surface area contributed by atoms with Gasteiger partial charge in [0, 0.05) is 0 Å². The first-order chi connectivity index (χ1) is 16.2. The molecule has 1 aliphatic heterocycles. The number of quaternary nitrogens is 1. The van der Waals surface area contributed by atoms with Crippen LogP contribution in [0.5, 0.6) is 5.75 Å². The van der Waals surface area contributed by atoms with Crippen LogP contribution in [0.15, 0.2) is 24.3 Å². The quantitative estimate of drug-likeness (QED) is 0.192. The number of likely N-dealkylation sites (tertiary alicyclic amines) is 1. The molecule has 0 atom stereocenters. The van der Waals surface area contributed by atoms with Crippen LogP contribution >= 0.6 is 0 Å². The van der Waals surface area contributed by atoms with Crippen molar-refractivity contribution in [3.63, 3.8) is 0 Å². The van der Waals surface area contributed by atoms with E-state index in [0.717, 1.165) is 17.4 Å². The Balaban J connectivity index is 1.74. The van der Waals surface area contributed by atoms with Gasteiger partial charge in [-0.2, -0.15) is 0 Å². The van der Waals surface area contributed by atoms with Gasteiger partial charge in [0.15, 0.2) is 0 Å². The molecule has 188 valence electrons. The fourth-order valence-corrected chi connectivity index (χ4v) is 4.85. The van der Waals surface area contributed by atoms with E-state index in [4.69, 9.17) is 9.47 Å². The van der Waals surface area contributed by atoms with Crippen molar-refractivity contribution in [2.75, 3.05) is 44.7 Å². The maximum absolute atomic E-state index is 12.5. The fourth-order valence-electron chi connectivity index (χ4n) is 4.85. The summed E-state index contributed by atoms with van der Waals surface area (Å²) in [5.41, 5.74) is 0.687. The highest BCUT2D eigenvalue weighted by Crippen LogP contribution is 2.25. The number of nitrogens with one attached hydrogen (secondary N) is 1. The second kappa shape index (κ2) is 16.8. The summed E-state index contributed by atoms with van der Waals surface area (Å²) in [5, 5.41) is 2.89. The first kappa shape index (κ1) is 27.5. The predicted molar refractivity (Wildman–Crippen MR) is 138 cm³/mol. The van der Waals surface area contributed by atoms with Gasteiger partial charge in [-0.3, -0.25) is 5.32 Å². The van der Waals surface area contributed by atoms with Crippen molar-refractivity contribution in [2.45, 2.75) is 97.3 Å². The molecular weight excluding hydrogens is 412 g/mol. The van der Waals surface area contributed by atoms with Gasteiger partial charge < -0.3 is 14.0 Å². The zero-order valence-electron chi connectivity index (χ0n) is 21.4. The Bertz CT molecular complexity index is 644. The van der Waals surface area contributed by atoms with E-state index >= 15 is 0 Å². The minimum atomic E-state index is -0.383. The molecule has 5 nitrogen and oxygen atoms in total. The molecule has 1 N–H and O–H groups in total. The lowest BCUT2D eigenvalue weighted by Crippen LogP contribution is -2.54. The molecule has 0 bridgehead atoms. The van der Waals surface area contributed by atoms with Crippen molar-refractivity contribution >= 4 is 11.8 Å². The Labute approximate surface area is 202 Å². The van der Waals surface area contributed by atoms with Crippen LogP contribution in [0, 0.1) is 0 Å². The number of amides is 1. The van der Waals surface area contributed by atoms with E-state index in [1.54, 1.807) is 0 Å². The number of anilines is 1. The van der Waals surface area contributed by atoms with Gasteiger partial charge in [-0.05, 0) is 50.7 Å². The zero-order chi connectivity index (χ0) is 23.6. The Kier molecular flexibility index (Phi) is 14.0. The zero-order valence-corrected chi connectivity index (χ0v) is 21.4. The molecule has 0 aromatic heterocycles. The lowest BCUT2D eigenvalue weighted by Gasteiger charge is -2.41. The van der Waals surface area contributed by atoms with Crippen LogP contribution in [0.3, 0.4) is 0 Å². The molecule has 1 fully saturated rings. The number of ether oxygens (including phenoxy) is 2. The third-order valence-corrected chi connectivity index (χ3v) is 6.93. The molecule has 2 rings (SSSR count). The summed E-state index contributed by atoms with van der Waals surface area (Å²) in [7, 11) is 0. The summed E-state index contributed by atoms with van der Waals surface area (Å²) in [5.74, 6) is 0.716. The third kappa shape index (κ3) is 11.3. The van der Waals surface area contributed by atoms with E-state index in [1.165, 1.54) is 96.7 Å². The van der Waals surface area contributed by atoms with Crippen molar-refractivity contribution < 1.29 is 18.8 Å². The van der Waals surface area contributed by atoms with E-state index in [-0.39, 0.29) is 6.09 Å². The minimum absolute atomic E-state index is 0.383. The summed E-state index contributed by atoms with van der Waals surface area (Å²) >= 11 is 0. The number of benzene rings is 1. The summed E-state index contributed by atoms with van der Waals surface area (Å²) < 4.78 is 12.7. The number of unbranched alkanes of at least 4 members (excludes halogenated alkanes) is 8. The van der Waals surface area contributed by atoms with Crippen LogP contribution in [0.25, 0.3) is 0 Å². The van der Waals surface area contributed by atoms with Crippen LogP contribution in [0.4, 0.5) is 10.5 Å². The lowest BCUT2D eigenvalue weighted by molar-refractivity contribution is -0.932. The van der Waals surface area contributed by atoms with Crippen molar-refractivity contribution in [1.29, 1.82) is 0 Å². The fraction of sp³-hybridized carbons (Fsp3) is 0.750. The Morgan fingerprint density at radius 2 is 1.48 bits per heavy atom. The van der Waals surface area contributed by atoms with Gasteiger partial charge in [0.25, 0.3) is 0 Å². The van der Waals surface area contributed by atoms with Gasteiger partial charge in [0.1, 0.15) is 18.9 Å². The van der Waals surface area contributed by atoms with Gasteiger partial charge in [-0.15, -0.1) is 0 Å². The van der Waals surface area contributed by atoms with Crippen LogP contribution in [-0.4, -0.2) is 50.0 Å². The first-order valence-electron chi connectivity index (χ1n) is 13.7. The SMILES string of the molecule is CCCCCCCC[N+]1(CCOC(=O)Nc2ccccc2OCCCCCC)CCCCC1. The second-order valence-electron chi connectivity index (χ2n) is 9.73. The highest BCUT2D eigenvalue weighted by molar-refractivity contribution is 5.86. The second-order valence-corrected chi connectivity index (χ2v) is 9.73. The third-order valence-electron chi connectivity index (χ3n) is 6.93. The number of piperidine rings is 1. The molecular formula is C28H49N2O3+. The molecule has 1 amide bonds. The molecule has 0 aliphatic carbocycles. The Hall–Kier alpha value is -1.75. The van der Waals surface area contributed by atoms with E-state index in [0.29, 0.717) is 24.7 Å². The van der Waals surface area contributed by atoms with Crippen molar-refractivity contribution in [1.82, 2.24) is 0 Å². The monoisotopic (exact) mass is 461 g/mol. The van der Waals surface area contributed by atoms with E-state index in [2.05, 4.69) is 19.2 Å². The van der Waals surface area contributed by atoms with Gasteiger partial charge in [0.2, 0.25) is 0 Å². The number of carbonyl (C=O) groups excluding carboxylic acids is 1. The number of para-hydroxylation sites is 2. The number of rotatable bonds is 17. The average molecular weight is 462 g/mol. The van der Waals surface area contributed by atoms with Crippen molar-refractivity contribution in [2.24, 2.45) is 0 Å². The number of hydrogen-bond acceptors (Lipinski definition) is 3.